The third-order valence-electron chi connectivity index (χ3n) is 4.56. The van der Waals surface area contributed by atoms with Gasteiger partial charge in [-0.15, -0.1) is 0 Å². The molecule has 0 aromatic heterocycles. The lowest BCUT2D eigenvalue weighted by Crippen LogP contribution is -2.47. The van der Waals surface area contributed by atoms with Gasteiger partial charge in [0.05, 0.1) is 11.0 Å². The first-order chi connectivity index (χ1) is 10.0. The van der Waals surface area contributed by atoms with Crippen LogP contribution in [0.4, 0.5) is 0 Å². The molecule has 3 rings (SSSR count). The van der Waals surface area contributed by atoms with Crippen LogP contribution in [0.1, 0.15) is 31.2 Å². The molecule has 5 heteroatoms. The molecule has 1 aliphatic heterocycles. The van der Waals surface area contributed by atoms with E-state index in [1.165, 1.54) is 0 Å². The number of carbonyl (C=O) groups excluding carboxylic acids is 1. The number of halogens is 1. The predicted octanol–water partition coefficient (Wildman–Crippen LogP) is 2.75. The molecule has 2 N–H and O–H groups in total. The number of rotatable bonds is 4. The van der Waals surface area contributed by atoms with Crippen LogP contribution in [0.25, 0.3) is 0 Å². The number of hydrogen-bond acceptors (Lipinski definition) is 3. The molecule has 0 atom stereocenters. The van der Waals surface area contributed by atoms with Crippen LogP contribution in [0.5, 0.6) is 0 Å². The second kappa shape index (κ2) is 5.82. The van der Waals surface area contributed by atoms with Crippen LogP contribution in [-0.2, 0) is 10.2 Å². The minimum absolute atomic E-state index is 0.0245. The van der Waals surface area contributed by atoms with Crippen LogP contribution in [0, 0.1) is 0 Å². The molecule has 0 unspecified atom stereocenters. The molecule has 0 bridgehead atoms. The second-order valence-corrected chi connectivity index (χ2v) is 7.77. The maximum Gasteiger partial charge on any atom is 0.230 e. The van der Waals surface area contributed by atoms with Crippen molar-refractivity contribution in [1.82, 2.24) is 5.32 Å². The largest absolute Gasteiger partial charge is 0.388 e. The first kappa shape index (κ1) is 15.2. The average Bonchev–Trinajstić information content (AvgIpc) is 3.27. The van der Waals surface area contributed by atoms with Crippen molar-refractivity contribution in [3.8, 4) is 0 Å². The van der Waals surface area contributed by atoms with Crippen LogP contribution in [0.2, 0.25) is 5.02 Å². The summed E-state index contributed by atoms with van der Waals surface area (Å²) in [7, 11) is 0. The van der Waals surface area contributed by atoms with Crippen molar-refractivity contribution < 1.29 is 9.90 Å². The molecule has 2 aliphatic rings. The second-order valence-electron chi connectivity index (χ2n) is 6.11. The summed E-state index contributed by atoms with van der Waals surface area (Å²) in [6.45, 7) is 0.356. The lowest BCUT2D eigenvalue weighted by Gasteiger charge is -2.32. The van der Waals surface area contributed by atoms with Crippen molar-refractivity contribution in [2.45, 2.75) is 36.7 Å². The highest BCUT2D eigenvalue weighted by molar-refractivity contribution is 7.99. The highest BCUT2D eigenvalue weighted by atomic mass is 35.5. The highest BCUT2D eigenvalue weighted by Gasteiger charge is 2.51. The molecule has 1 saturated carbocycles. The van der Waals surface area contributed by atoms with E-state index in [4.69, 9.17) is 11.6 Å². The van der Waals surface area contributed by atoms with E-state index in [1.807, 2.05) is 36.0 Å². The molecule has 2 fully saturated rings. The third kappa shape index (κ3) is 3.22. The maximum absolute atomic E-state index is 12.6. The number of thioether (sulfide) groups is 1. The Hall–Kier alpha value is -0.710. The van der Waals surface area contributed by atoms with Crippen LogP contribution in [0.15, 0.2) is 24.3 Å². The van der Waals surface area contributed by atoms with Crippen LogP contribution in [0.3, 0.4) is 0 Å². The Kier molecular flexibility index (Phi) is 4.21. The summed E-state index contributed by atoms with van der Waals surface area (Å²) in [4.78, 5) is 12.6. The molecular weight excluding hydrogens is 306 g/mol. The summed E-state index contributed by atoms with van der Waals surface area (Å²) in [6.07, 6.45) is 3.21. The molecular formula is C16H20ClNO2S. The van der Waals surface area contributed by atoms with Gasteiger partial charge < -0.3 is 10.4 Å². The Balaban J connectivity index is 1.65. The Bertz CT molecular complexity index is 539. The lowest BCUT2D eigenvalue weighted by molar-refractivity contribution is -0.125. The van der Waals surface area contributed by atoms with Gasteiger partial charge in [-0.05, 0) is 54.9 Å². The number of aliphatic hydroxyl groups is 1. The fourth-order valence-corrected chi connectivity index (χ4v) is 4.34. The Labute approximate surface area is 134 Å². The number of amides is 1. The van der Waals surface area contributed by atoms with Gasteiger partial charge in [-0.2, -0.15) is 11.8 Å². The number of nitrogens with one attached hydrogen (secondary N) is 1. The Morgan fingerprint density at radius 2 is 2.00 bits per heavy atom. The Morgan fingerprint density at radius 3 is 2.62 bits per heavy atom. The summed E-state index contributed by atoms with van der Waals surface area (Å²) >= 11 is 7.89. The normalized spacial score (nSPS) is 22.6. The van der Waals surface area contributed by atoms with Crippen molar-refractivity contribution in [3.05, 3.63) is 34.9 Å². The monoisotopic (exact) mass is 325 g/mol. The van der Waals surface area contributed by atoms with E-state index >= 15 is 0 Å². The summed E-state index contributed by atoms with van der Waals surface area (Å²) in [5, 5.41) is 14.1. The average molecular weight is 326 g/mol. The third-order valence-corrected chi connectivity index (χ3v) is 5.78. The van der Waals surface area contributed by atoms with Gasteiger partial charge in [0.1, 0.15) is 0 Å². The van der Waals surface area contributed by atoms with Crippen LogP contribution >= 0.6 is 23.4 Å². The van der Waals surface area contributed by atoms with E-state index in [2.05, 4.69) is 5.32 Å². The molecule has 1 aromatic rings. The maximum atomic E-state index is 12.6. The zero-order valence-corrected chi connectivity index (χ0v) is 13.5. The van der Waals surface area contributed by atoms with E-state index in [-0.39, 0.29) is 5.91 Å². The fraction of sp³-hybridized carbons (Fsp3) is 0.562. The molecule has 1 heterocycles. The van der Waals surface area contributed by atoms with Gasteiger partial charge in [0, 0.05) is 11.6 Å². The number of carbonyl (C=O) groups is 1. The molecule has 21 heavy (non-hydrogen) atoms. The molecule has 3 nitrogen and oxygen atoms in total. The molecule has 0 radical (unpaired) electrons. The smallest absolute Gasteiger partial charge is 0.230 e. The molecule has 1 saturated heterocycles. The zero-order valence-electron chi connectivity index (χ0n) is 11.9. The topological polar surface area (TPSA) is 49.3 Å². The number of hydrogen-bond donors (Lipinski definition) is 2. The SMILES string of the molecule is O=C(NCC1(O)CCSCC1)C1(c2cccc(Cl)c2)CC1. The molecule has 114 valence electrons. The van der Waals surface area contributed by atoms with Crippen molar-refractivity contribution in [1.29, 1.82) is 0 Å². The minimum atomic E-state index is -0.731. The highest BCUT2D eigenvalue weighted by Crippen LogP contribution is 2.48. The van der Waals surface area contributed by atoms with Crippen molar-refractivity contribution in [3.63, 3.8) is 0 Å². The van der Waals surface area contributed by atoms with Gasteiger partial charge in [0.2, 0.25) is 5.91 Å². The van der Waals surface area contributed by atoms with Gasteiger partial charge >= 0.3 is 0 Å². The Morgan fingerprint density at radius 1 is 1.29 bits per heavy atom. The van der Waals surface area contributed by atoms with Gasteiger partial charge in [-0.25, -0.2) is 0 Å². The van der Waals surface area contributed by atoms with Gasteiger partial charge in [0.25, 0.3) is 0 Å². The summed E-state index contributed by atoms with van der Waals surface area (Å²) in [5.41, 5.74) is -0.172. The summed E-state index contributed by atoms with van der Waals surface area (Å²) < 4.78 is 0. The quantitative estimate of drug-likeness (QED) is 0.895. The van der Waals surface area contributed by atoms with Gasteiger partial charge in [0.15, 0.2) is 0 Å². The standard InChI is InChI=1S/C16H20ClNO2S/c17-13-3-1-2-12(10-13)16(4-5-16)14(19)18-11-15(20)6-8-21-9-7-15/h1-3,10,20H,4-9,11H2,(H,18,19). The zero-order chi connectivity index (χ0) is 14.9. The van der Waals surface area contributed by atoms with E-state index < -0.39 is 11.0 Å². The van der Waals surface area contributed by atoms with Crippen molar-refractivity contribution in [2.75, 3.05) is 18.1 Å². The predicted molar refractivity (Wildman–Crippen MR) is 86.9 cm³/mol. The minimum Gasteiger partial charge on any atom is -0.388 e. The van der Waals surface area contributed by atoms with E-state index in [0.29, 0.717) is 11.6 Å². The number of benzene rings is 1. The molecule has 1 amide bonds. The summed E-state index contributed by atoms with van der Waals surface area (Å²) in [5.74, 6) is 1.95. The lowest BCUT2D eigenvalue weighted by atomic mass is 9.93. The van der Waals surface area contributed by atoms with Crippen LogP contribution < -0.4 is 5.32 Å². The van der Waals surface area contributed by atoms with Crippen LogP contribution in [-0.4, -0.2) is 34.7 Å². The summed E-state index contributed by atoms with van der Waals surface area (Å²) in [6, 6.07) is 7.54. The van der Waals surface area contributed by atoms with E-state index in [9.17, 15) is 9.90 Å². The van der Waals surface area contributed by atoms with E-state index in [1.54, 1.807) is 0 Å². The van der Waals surface area contributed by atoms with Crippen molar-refractivity contribution >= 4 is 29.3 Å². The van der Waals surface area contributed by atoms with Crippen molar-refractivity contribution in [2.24, 2.45) is 0 Å². The first-order valence-electron chi connectivity index (χ1n) is 7.39. The molecule has 1 aromatic carbocycles. The fourth-order valence-electron chi connectivity index (χ4n) is 2.90. The first-order valence-corrected chi connectivity index (χ1v) is 8.92. The molecule has 1 aliphatic carbocycles. The molecule has 0 spiro atoms. The van der Waals surface area contributed by atoms with Gasteiger partial charge in [-0.3, -0.25) is 4.79 Å². The van der Waals surface area contributed by atoms with Gasteiger partial charge in [-0.1, -0.05) is 23.7 Å². The van der Waals surface area contributed by atoms with E-state index in [0.717, 1.165) is 42.8 Å².